The summed E-state index contributed by atoms with van der Waals surface area (Å²) >= 11 is 0. The highest BCUT2D eigenvalue weighted by Crippen LogP contribution is 2.15. The number of nitrogens with zero attached hydrogens (tertiary/aromatic N) is 1. The molecule has 0 saturated carbocycles. The van der Waals surface area contributed by atoms with Crippen molar-refractivity contribution < 1.29 is 4.79 Å². The van der Waals surface area contributed by atoms with E-state index in [4.69, 9.17) is 5.73 Å². The third kappa shape index (κ3) is 6.66. The summed E-state index contributed by atoms with van der Waals surface area (Å²) in [5.41, 5.74) is 6.62. The number of nitrogens with two attached hydrogens (primary N) is 1. The summed E-state index contributed by atoms with van der Waals surface area (Å²) in [6.07, 6.45) is 0. The summed E-state index contributed by atoms with van der Waals surface area (Å²) < 4.78 is 0. The fourth-order valence-corrected chi connectivity index (χ4v) is 1.66. The van der Waals surface area contributed by atoms with E-state index in [0.717, 1.165) is 5.56 Å². The molecule has 0 aliphatic heterocycles. The van der Waals surface area contributed by atoms with E-state index in [1.54, 1.807) is 0 Å². The van der Waals surface area contributed by atoms with Gasteiger partial charge in [-0.25, -0.2) is 0 Å². The van der Waals surface area contributed by atoms with Gasteiger partial charge in [0, 0.05) is 18.6 Å². The molecule has 1 unspecified atom stereocenters. The number of nitrogens with one attached hydrogen (secondary N) is 1. The second-order valence-corrected chi connectivity index (χ2v) is 5.62. The summed E-state index contributed by atoms with van der Waals surface area (Å²) in [6, 6.07) is 9.66. The van der Waals surface area contributed by atoms with E-state index in [9.17, 15) is 4.79 Å². The Labute approximate surface area is 140 Å². The molecule has 4 nitrogen and oxygen atoms in total. The van der Waals surface area contributed by atoms with Crippen molar-refractivity contribution in [1.82, 2.24) is 10.2 Å². The van der Waals surface area contributed by atoms with Crippen molar-refractivity contribution in [1.29, 1.82) is 0 Å². The van der Waals surface area contributed by atoms with Gasteiger partial charge in [-0.1, -0.05) is 30.3 Å². The van der Waals surface area contributed by atoms with Gasteiger partial charge >= 0.3 is 0 Å². The lowest BCUT2D eigenvalue weighted by atomic mass is 9.97. The Morgan fingerprint density at radius 3 is 2.19 bits per heavy atom. The highest BCUT2D eigenvalue weighted by atomic mass is 35.5. The van der Waals surface area contributed by atoms with Crippen LogP contribution in [0.15, 0.2) is 30.3 Å². The minimum absolute atomic E-state index is 0. The molecule has 0 aromatic heterocycles. The molecule has 122 valence electrons. The normalized spacial score (nSPS) is 12.1. The minimum atomic E-state index is -0.279. The van der Waals surface area contributed by atoms with Crippen LogP contribution in [0.4, 0.5) is 0 Å². The van der Waals surface area contributed by atoms with E-state index < -0.39 is 0 Å². The first-order chi connectivity index (χ1) is 8.88. The quantitative estimate of drug-likeness (QED) is 0.836. The second-order valence-electron chi connectivity index (χ2n) is 5.62. The van der Waals surface area contributed by atoms with Crippen LogP contribution < -0.4 is 11.1 Å². The molecule has 21 heavy (non-hydrogen) atoms. The van der Waals surface area contributed by atoms with E-state index in [2.05, 4.69) is 24.1 Å². The van der Waals surface area contributed by atoms with E-state index in [1.807, 2.05) is 44.4 Å². The SMILES string of the molecule is CN(C)C(C)(C)CNC(=O)C(CN)c1ccccc1.Cl.Cl. The van der Waals surface area contributed by atoms with Crippen LogP contribution in [0.1, 0.15) is 25.3 Å². The van der Waals surface area contributed by atoms with E-state index in [-0.39, 0.29) is 42.2 Å². The maximum absolute atomic E-state index is 12.2. The first-order valence-corrected chi connectivity index (χ1v) is 6.58. The van der Waals surface area contributed by atoms with Crippen LogP contribution in [-0.2, 0) is 4.79 Å². The van der Waals surface area contributed by atoms with Gasteiger partial charge in [0.2, 0.25) is 5.91 Å². The van der Waals surface area contributed by atoms with Crippen LogP contribution in [-0.4, -0.2) is 43.5 Å². The number of carbonyl (C=O) groups excluding carboxylic acids is 1. The molecule has 0 spiro atoms. The number of halogens is 2. The third-order valence-corrected chi connectivity index (χ3v) is 3.66. The van der Waals surface area contributed by atoms with Gasteiger partial charge in [-0.05, 0) is 33.5 Å². The molecule has 0 heterocycles. The van der Waals surface area contributed by atoms with Gasteiger partial charge in [0.25, 0.3) is 0 Å². The zero-order valence-electron chi connectivity index (χ0n) is 13.1. The Morgan fingerprint density at radius 1 is 1.24 bits per heavy atom. The smallest absolute Gasteiger partial charge is 0.228 e. The molecule has 0 aliphatic carbocycles. The predicted octanol–water partition coefficient (Wildman–Crippen LogP) is 2.03. The Kier molecular flexibility index (Phi) is 10.7. The minimum Gasteiger partial charge on any atom is -0.354 e. The zero-order chi connectivity index (χ0) is 14.5. The molecule has 0 aliphatic rings. The highest BCUT2D eigenvalue weighted by molar-refractivity contribution is 5.85. The summed E-state index contributed by atoms with van der Waals surface area (Å²) in [5, 5.41) is 2.99. The maximum Gasteiger partial charge on any atom is 0.228 e. The summed E-state index contributed by atoms with van der Waals surface area (Å²) in [4.78, 5) is 14.3. The Hall–Kier alpha value is -0.810. The van der Waals surface area contributed by atoms with Crippen LogP contribution in [0.2, 0.25) is 0 Å². The fourth-order valence-electron chi connectivity index (χ4n) is 1.66. The molecule has 3 N–H and O–H groups in total. The third-order valence-electron chi connectivity index (χ3n) is 3.66. The van der Waals surface area contributed by atoms with Gasteiger partial charge in [0.15, 0.2) is 0 Å². The summed E-state index contributed by atoms with van der Waals surface area (Å²) in [5.74, 6) is -0.289. The Morgan fingerprint density at radius 2 is 1.76 bits per heavy atom. The standard InChI is InChI=1S/C15H25N3O.2ClH/c1-15(2,18(3)4)11-17-14(19)13(10-16)12-8-6-5-7-9-12;;/h5-9,13H,10-11,16H2,1-4H3,(H,17,19);2*1H. The van der Waals surface area contributed by atoms with Crippen molar-refractivity contribution in [2.75, 3.05) is 27.2 Å². The maximum atomic E-state index is 12.2. The van der Waals surface area contributed by atoms with Gasteiger partial charge < -0.3 is 16.0 Å². The molecule has 0 fully saturated rings. The predicted molar refractivity (Wildman–Crippen MR) is 93.5 cm³/mol. The van der Waals surface area contributed by atoms with Crippen molar-refractivity contribution in [3.63, 3.8) is 0 Å². The topological polar surface area (TPSA) is 58.4 Å². The highest BCUT2D eigenvalue weighted by Gasteiger charge is 2.24. The summed E-state index contributed by atoms with van der Waals surface area (Å²) in [6.45, 7) is 5.10. The van der Waals surface area contributed by atoms with Crippen molar-refractivity contribution in [2.24, 2.45) is 5.73 Å². The molecular weight excluding hydrogens is 309 g/mol. The molecule has 0 bridgehead atoms. The average Bonchev–Trinajstić information content (AvgIpc) is 2.38. The first kappa shape index (κ1) is 22.5. The van der Waals surface area contributed by atoms with Crippen LogP contribution in [0.5, 0.6) is 0 Å². The van der Waals surface area contributed by atoms with E-state index >= 15 is 0 Å². The van der Waals surface area contributed by atoms with Crippen molar-refractivity contribution in [3.8, 4) is 0 Å². The Balaban J connectivity index is 0. The lowest BCUT2D eigenvalue weighted by Gasteiger charge is -2.33. The van der Waals surface area contributed by atoms with Crippen molar-refractivity contribution in [2.45, 2.75) is 25.3 Å². The Bertz CT molecular complexity index is 411. The van der Waals surface area contributed by atoms with Crippen LogP contribution in [0, 0.1) is 0 Å². The molecule has 1 aromatic rings. The van der Waals surface area contributed by atoms with Crippen LogP contribution >= 0.6 is 24.8 Å². The second kappa shape index (κ2) is 10.0. The lowest BCUT2D eigenvalue weighted by Crippen LogP contribution is -2.49. The monoisotopic (exact) mass is 335 g/mol. The molecule has 1 atom stereocenters. The van der Waals surface area contributed by atoms with E-state index in [1.165, 1.54) is 0 Å². The largest absolute Gasteiger partial charge is 0.354 e. The number of hydrogen-bond acceptors (Lipinski definition) is 3. The average molecular weight is 336 g/mol. The molecule has 1 aromatic carbocycles. The molecule has 1 amide bonds. The molecule has 0 radical (unpaired) electrons. The van der Waals surface area contributed by atoms with Crippen LogP contribution in [0.3, 0.4) is 0 Å². The number of amides is 1. The molecular formula is C15H27Cl2N3O. The number of carbonyl (C=O) groups is 1. The summed E-state index contributed by atoms with van der Waals surface area (Å²) in [7, 11) is 4.01. The zero-order valence-corrected chi connectivity index (χ0v) is 14.8. The van der Waals surface area contributed by atoms with Gasteiger partial charge in [-0.2, -0.15) is 0 Å². The van der Waals surface area contributed by atoms with Gasteiger partial charge in [0.1, 0.15) is 0 Å². The fraction of sp³-hybridized carbons (Fsp3) is 0.533. The molecule has 6 heteroatoms. The van der Waals surface area contributed by atoms with Crippen molar-refractivity contribution >= 4 is 30.7 Å². The number of likely N-dealkylation sites (N-methyl/N-ethyl adjacent to an activating group) is 1. The number of benzene rings is 1. The number of hydrogen-bond donors (Lipinski definition) is 2. The van der Waals surface area contributed by atoms with Gasteiger partial charge in [-0.15, -0.1) is 24.8 Å². The van der Waals surface area contributed by atoms with Gasteiger partial charge in [0.05, 0.1) is 5.92 Å². The van der Waals surface area contributed by atoms with Crippen LogP contribution in [0.25, 0.3) is 0 Å². The molecule has 1 rings (SSSR count). The van der Waals surface area contributed by atoms with Gasteiger partial charge in [-0.3, -0.25) is 4.79 Å². The number of rotatable bonds is 6. The first-order valence-electron chi connectivity index (χ1n) is 6.58. The molecule has 0 saturated heterocycles. The lowest BCUT2D eigenvalue weighted by molar-refractivity contribution is -0.122. The van der Waals surface area contributed by atoms with Crippen molar-refractivity contribution in [3.05, 3.63) is 35.9 Å². The van der Waals surface area contributed by atoms with E-state index in [0.29, 0.717) is 13.1 Å².